The minimum atomic E-state index is 0.167. The Balaban J connectivity index is 1.68. The minimum absolute atomic E-state index is 0.167. The van der Waals surface area contributed by atoms with Crippen LogP contribution in [0.15, 0.2) is 65.5 Å². The second kappa shape index (κ2) is 8.43. The summed E-state index contributed by atoms with van der Waals surface area (Å²) in [5.74, 6) is 0. The van der Waals surface area contributed by atoms with Crippen LogP contribution in [0.2, 0.25) is 0 Å². The summed E-state index contributed by atoms with van der Waals surface area (Å²) in [6, 6.07) is 22.1. The summed E-state index contributed by atoms with van der Waals surface area (Å²) in [5.41, 5.74) is 2.83. The highest BCUT2D eigenvalue weighted by atomic mass is 32.1. The summed E-state index contributed by atoms with van der Waals surface area (Å²) in [6.07, 6.45) is 6.93. The van der Waals surface area contributed by atoms with E-state index in [1.54, 1.807) is 11.3 Å². The van der Waals surface area contributed by atoms with E-state index >= 15 is 0 Å². The van der Waals surface area contributed by atoms with Crippen molar-refractivity contribution in [2.45, 2.75) is 52.4 Å². The van der Waals surface area contributed by atoms with E-state index in [0.717, 1.165) is 44.8 Å². The molecule has 5 rings (SSSR count). The lowest BCUT2D eigenvalue weighted by atomic mass is 9.99. The molecule has 0 fully saturated rings. The molecule has 0 atom stereocenters. The molecular weight excluding hydrogens is 396 g/mol. The van der Waals surface area contributed by atoms with Crippen molar-refractivity contribution in [2.75, 3.05) is 0 Å². The van der Waals surface area contributed by atoms with Crippen molar-refractivity contribution in [1.82, 2.24) is 0 Å². The molecule has 0 aliphatic heterocycles. The van der Waals surface area contributed by atoms with Crippen LogP contribution in [0, 0.1) is 0 Å². The first-order valence-electron chi connectivity index (χ1n) is 11.5. The molecule has 0 saturated carbocycles. The fraction of sp³-hybridized carbons (Fsp3) is 0.276. The van der Waals surface area contributed by atoms with Crippen molar-refractivity contribution in [1.29, 1.82) is 0 Å². The molecule has 31 heavy (non-hydrogen) atoms. The Morgan fingerprint density at radius 2 is 1.23 bits per heavy atom. The van der Waals surface area contributed by atoms with Gasteiger partial charge in [-0.25, -0.2) is 0 Å². The highest BCUT2D eigenvalue weighted by Gasteiger charge is 2.10. The SMILES string of the molecule is CCCCc1ccc2cc3cc4sc5ccc(CCCC)cc5c(=O)c4cc3cc2c1. The van der Waals surface area contributed by atoms with Crippen molar-refractivity contribution in [2.24, 2.45) is 0 Å². The Hall–Kier alpha value is -2.71. The van der Waals surface area contributed by atoms with Gasteiger partial charge in [0.25, 0.3) is 0 Å². The molecule has 0 N–H and O–H groups in total. The van der Waals surface area contributed by atoms with E-state index < -0.39 is 0 Å². The fourth-order valence-corrected chi connectivity index (χ4v) is 5.60. The minimum Gasteiger partial charge on any atom is -0.289 e. The van der Waals surface area contributed by atoms with Crippen LogP contribution in [0.1, 0.15) is 50.7 Å². The van der Waals surface area contributed by atoms with E-state index in [4.69, 9.17) is 0 Å². The number of benzene rings is 4. The molecule has 1 aromatic heterocycles. The van der Waals surface area contributed by atoms with Gasteiger partial charge in [0.2, 0.25) is 0 Å². The van der Waals surface area contributed by atoms with Crippen molar-refractivity contribution in [3.63, 3.8) is 0 Å². The lowest BCUT2D eigenvalue weighted by Crippen LogP contribution is -2.02. The maximum Gasteiger partial charge on any atom is 0.195 e. The van der Waals surface area contributed by atoms with Gasteiger partial charge in [-0.2, -0.15) is 0 Å². The van der Waals surface area contributed by atoms with E-state index in [1.165, 1.54) is 46.5 Å². The average molecular weight is 425 g/mol. The molecule has 4 aromatic carbocycles. The van der Waals surface area contributed by atoms with Gasteiger partial charge in [-0.15, -0.1) is 11.3 Å². The first-order chi connectivity index (χ1) is 15.2. The molecule has 0 spiro atoms. The predicted octanol–water partition coefficient (Wildman–Crippen LogP) is 8.41. The summed E-state index contributed by atoms with van der Waals surface area (Å²) in [5, 5.41) is 6.60. The van der Waals surface area contributed by atoms with Gasteiger partial charge < -0.3 is 0 Å². The van der Waals surface area contributed by atoms with Crippen LogP contribution < -0.4 is 5.43 Å². The number of hydrogen-bond donors (Lipinski definition) is 0. The monoisotopic (exact) mass is 424 g/mol. The molecule has 156 valence electrons. The molecule has 0 aliphatic carbocycles. The van der Waals surface area contributed by atoms with Crippen molar-refractivity contribution < 1.29 is 0 Å². The quantitative estimate of drug-likeness (QED) is 0.250. The highest BCUT2D eigenvalue weighted by molar-refractivity contribution is 7.24. The van der Waals surface area contributed by atoms with E-state index in [2.05, 4.69) is 74.5 Å². The van der Waals surface area contributed by atoms with Crippen LogP contribution in [0.5, 0.6) is 0 Å². The zero-order valence-corrected chi connectivity index (χ0v) is 19.1. The van der Waals surface area contributed by atoms with E-state index in [0.29, 0.717) is 0 Å². The molecule has 0 unspecified atom stereocenters. The van der Waals surface area contributed by atoms with Crippen molar-refractivity contribution >= 4 is 53.1 Å². The average Bonchev–Trinajstić information content (AvgIpc) is 2.79. The smallest absolute Gasteiger partial charge is 0.195 e. The number of fused-ring (bicyclic) bond motifs is 4. The van der Waals surface area contributed by atoms with Gasteiger partial charge in [0.1, 0.15) is 0 Å². The van der Waals surface area contributed by atoms with Gasteiger partial charge in [0.15, 0.2) is 5.43 Å². The van der Waals surface area contributed by atoms with Gasteiger partial charge in [-0.3, -0.25) is 4.79 Å². The molecule has 2 heteroatoms. The second-order valence-electron chi connectivity index (χ2n) is 8.70. The molecule has 0 aliphatic rings. The zero-order valence-electron chi connectivity index (χ0n) is 18.3. The lowest BCUT2D eigenvalue weighted by molar-refractivity contribution is 0.796. The molecular formula is C29H28OS. The molecule has 0 amide bonds. The normalized spacial score (nSPS) is 11.8. The van der Waals surface area contributed by atoms with Crippen LogP contribution >= 0.6 is 11.3 Å². The largest absolute Gasteiger partial charge is 0.289 e. The van der Waals surface area contributed by atoms with E-state index in [-0.39, 0.29) is 5.43 Å². The Morgan fingerprint density at radius 1 is 0.613 bits per heavy atom. The summed E-state index contributed by atoms with van der Waals surface area (Å²) >= 11 is 1.73. The summed E-state index contributed by atoms with van der Waals surface area (Å²) in [4.78, 5) is 13.4. The number of rotatable bonds is 6. The van der Waals surface area contributed by atoms with Gasteiger partial charge in [-0.1, -0.05) is 51.0 Å². The second-order valence-corrected chi connectivity index (χ2v) is 9.78. The molecule has 0 saturated heterocycles. The highest BCUT2D eigenvalue weighted by Crippen LogP contribution is 2.31. The Morgan fingerprint density at radius 3 is 2.00 bits per heavy atom. The summed E-state index contributed by atoms with van der Waals surface area (Å²) in [6.45, 7) is 4.44. The molecule has 1 heterocycles. The van der Waals surface area contributed by atoms with E-state index in [1.807, 2.05) is 0 Å². The number of aryl methyl sites for hydroxylation is 2. The Kier molecular flexibility index (Phi) is 5.50. The van der Waals surface area contributed by atoms with Crippen molar-refractivity contribution in [3.05, 3.63) is 82.0 Å². The maximum absolute atomic E-state index is 13.4. The van der Waals surface area contributed by atoms with Crippen LogP contribution in [0.25, 0.3) is 41.7 Å². The summed E-state index contributed by atoms with van der Waals surface area (Å²) < 4.78 is 2.16. The third kappa shape index (κ3) is 3.85. The lowest BCUT2D eigenvalue weighted by Gasteiger charge is -2.08. The van der Waals surface area contributed by atoms with Gasteiger partial charge in [-0.05, 0) is 94.8 Å². The van der Waals surface area contributed by atoms with Crippen LogP contribution in [-0.2, 0) is 12.8 Å². The first-order valence-corrected chi connectivity index (χ1v) is 12.3. The fourth-order valence-electron chi connectivity index (χ4n) is 4.52. The van der Waals surface area contributed by atoms with Crippen molar-refractivity contribution in [3.8, 4) is 0 Å². The molecule has 1 nitrogen and oxygen atoms in total. The third-order valence-electron chi connectivity index (χ3n) is 6.35. The van der Waals surface area contributed by atoms with Gasteiger partial charge in [0.05, 0.1) is 0 Å². The van der Waals surface area contributed by atoms with E-state index in [9.17, 15) is 4.79 Å². The zero-order chi connectivity index (χ0) is 21.4. The van der Waals surface area contributed by atoms with Crippen LogP contribution in [-0.4, -0.2) is 0 Å². The molecule has 0 bridgehead atoms. The molecule has 0 radical (unpaired) electrons. The Bertz CT molecular complexity index is 1480. The van der Waals surface area contributed by atoms with Gasteiger partial charge >= 0.3 is 0 Å². The molecule has 5 aromatic rings. The van der Waals surface area contributed by atoms with Crippen LogP contribution in [0.4, 0.5) is 0 Å². The predicted molar refractivity (Wildman–Crippen MR) is 138 cm³/mol. The topological polar surface area (TPSA) is 17.1 Å². The first kappa shape index (κ1) is 20.2. The Labute approximate surface area is 187 Å². The summed E-state index contributed by atoms with van der Waals surface area (Å²) in [7, 11) is 0. The maximum atomic E-state index is 13.4. The number of unbranched alkanes of at least 4 members (excludes halogenated alkanes) is 2. The number of hydrogen-bond acceptors (Lipinski definition) is 2. The van der Waals surface area contributed by atoms with Gasteiger partial charge in [0, 0.05) is 20.2 Å². The standard InChI is InChI=1S/C29H28OS/c1-3-5-7-19-9-11-21-15-24-18-28-26(17-23(24)16-22(21)13-19)29(30)25-14-20(8-6-4-2)10-12-27(25)31-28/h9-18H,3-8H2,1-2H3. The third-order valence-corrected chi connectivity index (χ3v) is 7.48. The van der Waals surface area contributed by atoms with Crippen LogP contribution in [0.3, 0.4) is 0 Å².